The topological polar surface area (TPSA) is 79.4 Å². The van der Waals surface area contributed by atoms with E-state index in [0.717, 1.165) is 4.31 Å². The molecular formula is C33H35N3O5S. The van der Waals surface area contributed by atoms with E-state index in [-0.39, 0.29) is 29.1 Å². The average Bonchev–Trinajstić information content (AvgIpc) is 3.05. The molecule has 9 heteroatoms. The van der Waals surface area contributed by atoms with Crippen molar-refractivity contribution in [2.45, 2.75) is 10.9 Å². The van der Waals surface area contributed by atoms with Gasteiger partial charge in [0.05, 0.1) is 30.8 Å². The van der Waals surface area contributed by atoms with Crippen LogP contribution in [0.2, 0.25) is 0 Å². The van der Waals surface area contributed by atoms with Gasteiger partial charge in [-0.2, -0.15) is 0 Å². The van der Waals surface area contributed by atoms with Gasteiger partial charge in [-0.1, -0.05) is 78.9 Å². The van der Waals surface area contributed by atoms with Crippen LogP contribution in [0.3, 0.4) is 0 Å². The lowest BCUT2D eigenvalue weighted by atomic mass is 9.96. The van der Waals surface area contributed by atoms with Crippen molar-refractivity contribution >= 4 is 21.6 Å². The van der Waals surface area contributed by atoms with E-state index >= 15 is 0 Å². The van der Waals surface area contributed by atoms with Crippen LogP contribution in [0, 0.1) is 0 Å². The van der Waals surface area contributed by atoms with Gasteiger partial charge >= 0.3 is 0 Å². The Kier molecular flexibility index (Phi) is 9.09. The van der Waals surface area contributed by atoms with Crippen LogP contribution in [0.15, 0.2) is 114 Å². The highest BCUT2D eigenvalue weighted by Crippen LogP contribution is 2.36. The van der Waals surface area contributed by atoms with Crippen molar-refractivity contribution in [2.75, 3.05) is 51.2 Å². The molecule has 218 valence electrons. The molecule has 0 N–H and O–H groups in total. The van der Waals surface area contributed by atoms with Gasteiger partial charge in [0.2, 0.25) is 5.91 Å². The maximum absolute atomic E-state index is 13.9. The lowest BCUT2D eigenvalue weighted by molar-refractivity contribution is -0.131. The Hall–Kier alpha value is -4.34. The second kappa shape index (κ2) is 13.1. The third kappa shape index (κ3) is 6.27. The Bertz CT molecular complexity index is 1540. The number of carbonyl (C=O) groups is 1. The maximum Gasteiger partial charge on any atom is 0.264 e. The molecule has 0 saturated carbocycles. The van der Waals surface area contributed by atoms with Crippen LogP contribution < -0.4 is 13.8 Å². The minimum atomic E-state index is -4.10. The fraction of sp³-hybridized carbons (Fsp3) is 0.242. The van der Waals surface area contributed by atoms with Gasteiger partial charge in [-0.05, 0) is 35.4 Å². The molecule has 4 aromatic rings. The Morgan fingerprint density at radius 2 is 1.31 bits per heavy atom. The van der Waals surface area contributed by atoms with Gasteiger partial charge in [0.1, 0.15) is 18.0 Å². The molecule has 0 atom stereocenters. The van der Waals surface area contributed by atoms with Crippen molar-refractivity contribution in [3.63, 3.8) is 0 Å². The highest BCUT2D eigenvalue weighted by molar-refractivity contribution is 7.92. The van der Waals surface area contributed by atoms with E-state index in [2.05, 4.69) is 29.2 Å². The molecule has 4 aromatic carbocycles. The van der Waals surface area contributed by atoms with Crippen LogP contribution in [0.1, 0.15) is 17.2 Å². The van der Waals surface area contributed by atoms with Gasteiger partial charge in [0.15, 0.2) is 0 Å². The molecule has 0 unspecified atom stereocenters. The molecule has 1 aliphatic heterocycles. The van der Waals surface area contributed by atoms with Crippen molar-refractivity contribution in [3.05, 3.63) is 120 Å². The quantitative estimate of drug-likeness (QED) is 0.265. The number of hydrogen-bond acceptors (Lipinski definition) is 6. The SMILES string of the molecule is COc1ccc(OC)c(N(CC(=O)N2CCN(C(c3ccccc3)c3ccccc3)CC2)S(=O)(=O)c2ccccc2)c1. The zero-order chi connectivity index (χ0) is 29.5. The zero-order valence-corrected chi connectivity index (χ0v) is 24.6. The highest BCUT2D eigenvalue weighted by Gasteiger charge is 2.33. The van der Waals surface area contributed by atoms with Gasteiger partial charge in [0.25, 0.3) is 10.0 Å². The smallest absolute Gasteiger partial charge is 0.264 e. The van der Waals surface area contributed by atoms with E-state index in [1.807, 2.05) is 36.4 Å². The molecule has 0 spiro atoms. The van der Waals surface area contributed by atoms with Crippen molar-refractivity contribution in [3.8, 4) is 11.5 Å². The summed E-state index contributed by atoms with van der Waals surface area (Å²) < 4.78 is 39.9. The summed E-state index contributed by atoms with van der Waals surface area (Å²) in [6, 6.07) is 33.8. The third-order valence-corrected chi connectivity index (χ3v) is 9.30. The van der Waals surface area contributed by atoms with Gasteiger partial charge in [0, 0.05) is 32.2 Å². The predicted octanol–water partition coefficient (Wildman–Crippen LogP) is 4.83. The first kappa shape index (κ1) is 29.2. The van der Waals surface area contributed by atoms with E-state index in [9.17, 15) is 13.2 Å². The Balaban J connectivity index is 1.39. The van der Waals surface area contributed by atoms with Gasteiger partial charge < -0.3 is 14.4 Å². The number of carbonyl (C=O) groups excluding carboxylic acids is 1. The van der Waals surface area contributed by atoms with Crippen molar-refractivity contribution in [1.29, 1.82) is 0 Å². The molecule has 5 rings (SSSR count). The maximum atomic E-state index is 13.9. The minimum absolute atomic E-state index is 0.0562. The first-order chi connectivity index (χ1) is 20.4. The Morgan fingerprint density at radius 1 is 0.762 bits per heavy atom. The number of ether oxygens (including phenoxy) is 2. The second-order valence-corrected chi connectivity index (χ2v) is 11.9. The van der Waals surface area contributed by atoms with Crippen LogP contribution in [0.5, 0.6) is 11.5 Å². The van der Waals surface area contributed by atoms with Gasteiger partial charge in [-0.25, -0.2) is 8.42 Å². The molecule has 0 bridgehead atoms. The van der Waals surface area contributed by atoms with Crippen LogP contribution in [0.25, 0.3) is 0 Å². The number of rotatable bonds is 10. The molecule has 1 saturated heterocycles. The van der Waals surface area contributed by atoms with Crippen LogP contribution in [-0.2, 0) is 14.8 Å². The number of sulfonamides is 1. The first-order valence-corrected chi connectivity index (χ1v) is 15.3. The molecule has 1 amide bonds. The fourth-order valence-electron chi connectivity index (χ4n) is 5.35. The van der Waals surface area contributed by atoms with E-state index < -0.39 is 10.0 Å². The third-order valence-electron chi connectivity index (χ3n) is 7.53. The van der Waals surface area contributed by atoms with Crippen LogP contribution in [0.4, 0.5) is 5.69 Å². The Morgan fingerprint density at radius 3 is 1.83 bits per heavy atom. The predicted molar refractivity (Wildman–Crippen MR) is 163 cm³/mol. The van der Waals surface area contributed by atoms with Gasteiger partial charge in [-0.3, -0.25) is 14.0 Å². The highest BCUT2D eigenvalue weighted by atomic mass is 32.2. The molecule has 42 heavy (non-hydrogen) atoms. The number of anilines is 1. The summed E-state index contributed by atoms with van der Waals surface area (Å²) in [4.78, 5) is 18.0. The zero-order valence-electron chi connectivity index (χ0n) is 23.8. The molecule has 1 fully saturated rings. The minimum Gasteiger partial charge on any atom is -0.497 e. The summed E-state index contributed by atoms with van der Waals surface area (Å²) in [7, 11) is -1.13. The monoisotopic (exact) mass is 585 g/mol. The molecule has 1 heterocycles. The van der Waals surface area contributed by atoms with Crippen LogP contribution >= 0.6 is 0 Å². The van der Waals surface area contributed by atoms with Gasteiger partial charge in [-0.15, -0.1) is 0 Å². The summed E-state index contributed by atoms with van der Waals surface area (Å²) in [5.74, 6) is 0.490. The number of hydrogen-bond donors (Lipinski definition) is 0. The molecule has 8 nitrogen and oxygen atoms in total. The lowest BCUT2D eigenvalue weighted by Gasteiger charge is -2.40. The summed E-state index contributed by atoms with van der Waals surface area (Å²) in [6.07, 6.45) is 0. The summed E-state index contributed by atoms with van der Waals surface area (Å²) in [5.41, 5.74) is 2.61. The molecular weight excluding hydrogens is 550 g/mol. The molecule has 0 aromatic heterocycles. The summed E-state index contributed by atoms with van der Waals surface area (Å²) >= 11 is 0. The molecule has 0 aliphatic carbocycles. The number of amides is 1. The standard InChI is InChI=1S/C33H35N3O5S/c1-40-28-18-19-31(41-2)30(24-28)36(42(38,39)29-16-10-5-11-17-29)25-32(37)34-20-22-35(23-21-34)33(26-12-6-3-7-13-26)27-14-8-4-9-15-27/h3-19,24,33H,20-23,25H2,1-2H3. The summed E-state index contributed by atoms with van der Waals surface area (Å²) in [6.45, 7) is 1.87. The van der Waals surface area contributed by atoms with E-state index in [4.69, 9.17) is 9.47 Å². The Labute approximate surface area is 247 Å². The normalized spacial score (nSPS) is 14.0. The van der Waals surface area contributed by atoms with Crippen molar-refractivity contribution in [2.24, 2.45) is 0 Å². The number of benzene rings is 4. The van der Waals surface area contributed by atoms with E-state index in [1.165, 1.54) is 37.5 Å². The number of methoxy groups -OCH3 is 2. The average molecular weight is 586 g/mol. The molecule has 0 radical (unpaired) electrons. The van der Waals surface area contributed by atoms with E-state index in [1.54, 1.807) is 41.3 Å². The van der Waals surface area contributed by atoms with Crippen molar-refractivity contribution in [1.82, 2.24) is 9.80 Å². The van der Waals surface area contributed by atoms with E-state index in [0.29, 0.717) is 37.7 Å². The number of nitrogens with zero attached hydrogens (tertiary/aromatic N) is 3. The van der Waals surface area contributed by atoms with Crippen LogP contribution in [-0.4, -0.2) is 71.1 Å². The molecule has 1 aliphatic rings. The first-order valence-electron chi connectivity index (χ1n) is 13.8. The fourth-order valence-corrected chi connectivity index (χ4v) is 6.79. The number of piperazine rings is 1. The lowest BCUT2D eigenvalue weighted by Crippen LogP contribution is -2.52. The van der Waals surface area contributed by atoms with Crippen molar-refractivity contribution < 1.29 is 22.7 Å². The summed E-state index contributed by atoms with van der Waals surface area (Å²) in [5, 5.41) is 0. The second-order valence-electron chi connectivity index (χ2n) is 10.0. The largest absolute Gasteiger partial charge is 0.497 e.